The van der Waals surface area contributed by atoms with E-state index in [9.17, 15) is 19.4 Å². The summed E-state index contributed by atoms with van der Waals surface area (Å²) in [5.41, 5.74) is 5.53. The second-order valence-electron chi connectivity index (χ2n) is 10.3. The van der Waals surface area contributed by atoms with E-state index in [1.54, 1.807) is 18.2 Å². The molecule has 0 spiro atoms. The fraction of sp³-hybridized carbons (Fsp3) is 0.273. The molecule has 0 radical (unpaired) electrons. The lowest BCUT2D eigenvalue weighted by molar-refractivity contribution is -0.123. The molecule has 3 atom stereocenters. The first-order valence-corrected chi connectivity index (χ1v) is 13.5. The van der Waals surface area contributed by atoms with Gasteiger partial charge in [0.15, 0.2) is 0 Å². The molecule has 200 valence electrons. The molecule has 1 aromatic heterocycles. The summed E-state index contributed by atoms with van der Waals surface area (Å²) in [6, 6.07) is 23.8. The number of nitrogens with one attached hydrogen (secondary N) is 1. The Kier molecular flexibility index (Phi) is 8.15. The fourth-order valence-electron chi connectivity index (χ4n) is 5.00. The Morgan fingerprint density at radius 1 is 1.03 bits per heavy atom. The number of aliphatic hydroxyl groups excluding tert-OH is 2. The lowest BCUT2D eigenvalue weighted by Gasteiger charge is -2.18. The summed E-state index contributed by atoms with van der Waals surface area (Å²) in [6.45, 7) is 1.89. The minimum absolute atomic E-state index is 0.0231. The number of hydrogen-bond acceptors (Lipinski definition) is 4. The number of para-hydroxylation sites is 1. The largest absolute Gasteiger partial charge is 0.392 e. The van der Waals surface area contributed by atoms with Gasteiger partial charge in [-0.2, -0.15) is 0 Å². The Bertz CT molecular complexity index is 1470. The minimum Gasteiger partial charge on any atom is -0.392 e. The molecule has 1 heterocycles. The van der Waals surface area contributed by atoms with Crippen LogP contribution in [0.4, 0.5) is 4.39 Å². The summed E-state index contributed by atoms with van der Waals surface area (Å²) in [5, 5.41) is 25.1. The number of halogens is 1. The number of carbonyl (C=O) groups excluding carboxylic acids is 1. The van der Waals surface area contributed by atoms with E-state index in [1.165, 1.54) is 12.1 Å². The van der Waals surface area contributed by atoms with Crippen molar-refractivity contribution in [3.8, 4) is 11.1 Å². The van der Waals surface area contributed by atoms with E-state index < -0.39 is 12.2 Å². The zero-order valence-electron chi connectivity index (χ0n) is 21.9. The Balaban J connectivity index is 1.34. The number of pyridine rings is 1. The first kappa shape index (κ1) is 26.7. The van der Waals surface area contributed by atoms with E-state index in [2.05, 4.69) is 5.32 Å². The van der Waals surface area contributed by atoms with E-state index in [0.29, 0.717) is 5.92 Å². The number of carbonyl (C=O) groups is 1. The van der Waals surface area contributed by atoms with Gasteiger partial charge in [0.05, 0.1) is 35.9 Å². The van der Waals surface area contributed by atoms with Crippen molar-refractivity contribution in [1.29, 1.82) is 0 Å². The zero-order chi connectivity index (χ0) is 27.4. The molecule has 1 aliphatic rings. The molecular weight excluding hydrogens is 491 g/mol. The van der Waals surface area contributed by atoms with Crippen LogP contribution < -0.4 is 5.32 Å². The van der Waals surface area contributed by atoms with E-state index in [1.807, 2.05) is 67.6 Å². The first-order chi connectivity index (χ1) is 18.9. The van der Waals surface area contributed by atoms with E-state index >= 15 is 0 Å². The summed E-state index contributed by atoms with van der Waals surface area (Å²) < 4.78 is 13.7. The van der Waals surface area contributed by atoms with Crippen LogP contribution in [-0.2, 0) is 4.79 Å². The molecule has 1 fully saturated rings. The fourth-order valence-corrected chi connectivity index (χ4v) is 5.00. The van der Waals surface area contributed by atoms with Gasteiger partial charge in [-0.25, -0.2) is 4.39 Å². The van der Waals surface area contributed by atoms with Crippen LogP contribution in [0.1, 0.15) is 61.4 Å². The predicted octanol–water partition coefficient (Wildman–Crippen LogP) is 6.31. The molecule has 1 saturated carbocycles. The highest BCUT2D eigenvalue weighted by Crippen LogP contribution is 2.45. The highest BCUT2D eigenvalue weighted by Gasteiger charge is 2.29. The molecule has 0 bridgehead atoms. The van der Waals surface area contributed by atoms with Crippen molar-refractivity contribution in [3.63, 3.8) is 0 Å². The molecule has 1 aliphatic carbocycles. The topological polar surface area (TPSA) is 82.5 Å². The molecule has 0 saturated heterocycles. The van der Waals surface area contributed by atoms with Crippen LogP contribution in [0.25, 0.3) is 28.1 Å². The summed E-state index contributed by atoms with van der Waals surface area (Å²) >= 11 is 0. The molecule has 0 aliphatic heterocycles. The summed E-state index contributed by atoms with van der Waals surface area (Å²) in [4.78, 5) is 17.4. The maximum absolute atomic E-state index is 13.7. The van der Waals surface area contributed by atoms with Gasteiger partial charge in [-0.1, -0.05) is 72.8 Å². The average molecular weight is 525 g/mol. The second-order valence-corrected chi connectivity index (χ2v) is 10.3. The third-order valence-electron chi connectivity index (χ3n) is 7.15. The van der Waals surface area contributed by atoms with Gasteiger partial charge in [0.1, 0.15) is 5.82 Å². The zero-order valence-corrected chi connectivity index (χ0v) is 21.9. The van der Waals surface area contributed by atoms with Gasteiger partial charge in [0, 0.05) is 28.9 Å². The van der Waals surface area contributed by atoms with Crippen LogP contribution in [0.5, 0.6) is 0 Å². The van der Waals surface area contributed by atoms with Gasteiger partial charge < -0.3 is 15.5 Å². The molecule has 5 nitrogen and oxygen atoms in total. The van der Waals surface area contributed by atoms with Crippen molar-refractivity contribution >= 4 is 22.9 Å². The molecule has 3 aromatic carbocycles. The number of aromatic nitrogens is 1. The van der Waals surface area contributed by atoms with Crippen LogP contribution in [-0.4, -0.2) is 33.3 Å². The highest BCUT2D eigenvalue weighted by molar-refractivity contribution is 5.99. The van der Waals surface area contributed by atoms with Crippen LogP contribution in [0.2, 0.25) is 0 Å². The van der Waals surface area contributed by atoms with Gasteiger partial charge in [0.2, 0.25) is 5.91 Å². The van der Waals surface area contributed by atoms with Gasteiger partial charge in [-0.15, -0.1) is 0 Å². The van der Waals surface area contributed by atoms with Crippen molar-refractivity contribution in [2.75, 3.05) is 0 Å². The van der Waals surface area contributed by atoms with Gasteiger partial charge in [0.25, 0.3) is 0 Å². The van der Waals surface area contributed by atoms with Crippen LogP contribution in [0, 0.1) is 5.82 Å². The molecule has 6 heteroatoms. The molecule has 0 unspecified atom stereocenters. The number of benzene rings is 3. The maximum Gasteiger partial charge on any atom is 0.223 e. The normalized spacial score (nSPS) is 15.8. The Morgan fingerprint density at radius 3 is 2.44 bits per heavy atom. The smallest absolute Gasteiger partial charge is 0.223 e. The van der Waals surface area contributed by atoms with E-state index in [-0.39, 0.29) is 30.6 Å². The van der Waals surface area contributed by atoms with Crippen molar-refractivity contribution in [2.24, 2.45) is 0 Å². The average Bonchev–Trinajstić information content (AvgIpc) is 3.77. The Morgan fingerprint density at radius 2 is 1.72 bits per heavy atom. The lowest BCUT2D eigenvalue weighted by Crippen LogP contribution is -2.31. The molecule has 5 rings (SSSR count). The lowest BCUT2D eigenvalue weighted by atomic mass is 9.92. The van der Waals surface area contributed by atoms with Gasteiger partial charge in [-0.3, -0.25) is 9.78 Å². The van der Waals surface area contributed by atoms with Crippen LogP contribution in [0.3, 0.4) is 0 Å². The molecule has 3 N–H and O–H groups in total. The number of amides is 1. The molecule has 4 aromatic rings. The first-order valence-electron chi connectivity index (χ1n) is 13.5. The SMILES string of the molecule is C[C@@H](NC(=O)C[C@H](O)C[C@H](O)/C=C/c1c(C2CC2)nc2ccccc2c1-c1ccc(F)cc1)c1ccccc1. The van der Waals surface area contributed by atoms with E-state index in [4.69, 9.17) is 4.98 Å². The number of fused-ring (bicyclic) bond motifs is 1. The van der Waals surface area contributed by atoms with Crippen molar-refractivity contribution in [2.45, 2.75) is 56.8 Å². The van der Waals surface area contributed by atoms with Gasteiger partial charge in [-0.05, 0) is 49.1 Å². The quantitative estimate of drug-likeness (QED) is 0.227. The Hall–Kier alpha value is -3.87. The van der Waals surface area contributed by atoms with Crippen molar-refractivity contribution < 1.29 is 19.4 Å². The van der Waals surface area contributed by atoms with Gasteiger partial charge >= 0.3 is 0 Å². The molecule has 1 amide bonds. The predicted molar refractivity (Wildman–Crippen MR) is 152 cm³/mol. The highest BCUT2D eigenvalue weighted by atomic mass is 19.1. The molecular formula is C33H33FN2O3. The van der Waals surface area contributed by atoms with Crippen molar-refractivity contribution in [3.05, 3.63) is 108 Å². The number of hydrogen-bond donors (Lipinski definition) is 3. The third-order valence-corrected chi connectivity index (χ3v) is 7.15. The standard InChI is InChI=1S/C33H33FN2O3/c1-21(22-7-3-2-4-8-22)35-31(39)20-27(38)19-26(37)17-18-29-32(23-13-15-25(34)16-14-23)28-9-5-6-10-30(28)36-33(29)24-11-12-24/h2-10,13-18,21,24,26-27,37-38H,11-12,19-20H2,1H3,(H,35,39)/b18-17+/t21-,26-,27-/m1/s1. The number of rotatable bonds is 10. The second kappa shape index (κ2) is 11.9. The Labute approximate surface area is 228 Å². The molecule has 39 heavy (non-hydrogen) atoms. The third kappa shape index (κ3) is 6.59. The monoisotopic (exact) mass is 524 g/mol. The maximum atomic E-state index is 13.7. The summed E-state index contributed by atoms with van der Waals surface area (Å²) in [7, 11) is 0. The number of nitrogens with zero attached hydrogens (tertiary/aromatic N) is 1. The van der Waals surface area contributed by atoms with Crippen LogP contribution in [0.15, 0.2) is 84.9 Å². The van der Waals surface area contributed by atoms with Crippen LogP contribution >= 0.6 is 0 Å². The summed E-state index contributed by atoms with van der Waals surface area (Å²) in [5.74, 6) is -0.238. The number of aliphatic hydroxyl groups is 2. The summed E-state index contributed by atoms with van der Waals surface area (Å²) in [6.07, 6.45) is 3.57. The van der Waals surface area contributed by atoms with E-state index in [0.717, 1.165) is 51.7 Å². The van der Waals surface area contributed by atoms with Crippen molar-refractivity contribution in [1.82, 2.24) is 10.3 Å². The minimum atomic E-state index is -0.998.